The molecule has 2 aromatic rings. The molecular weight excluding hydrogens is 306 g/mol. The third-order valence-corrected chi connectivity index (χ3v) is 5.48. The normalized spacial score (nSPS) is 18.3. The lowest BCUT2D eigenvalue weighted by atomic mass is 10.1. The molecule has 1 aliphatic rings. The Morgan fingerprint density at radius 3 is 3.10 bits per heavy atom. The third kappa shape index (κ3) is 3.07. The number of benzene rings is 1. The molecule has 21 heavy (non-hydrogen) atoms. The summed E-state index contributed by atoms with van der Waals surface area (Å²) in [6, 6.07) is 6.18. The average Bonchev–Trinajstić information content (AvgIpc) is 3.12. The molecule has 0 unspecified atom stereocenters. The van der Waals surface area contributed by atoms with Crippen molar-refractivity contribution in [1.29, 1.82) is 0 Å². The third-order valence-electron chi connectivity index (χ3n) is 3.82. The summed E-state index contributed by atoms with van der Waals surface area (Å²) in [5, 5.41) is 4.45. The number of amides is 1. The molecule has 0 spiro atoms. The first-order valence-electron chi connectivity index (χ1n) is 7.29. The lowest BCUT2D eigenvalue weighted by Crippen LogP contribution is -2.31. The van der Waals surface area contributed by atoms with Crippen LogP contribution in [-0.2, 0) is 11.2 Å². The Bertz CT molecular complexity index is 662. The second kappa shape index (κ2) is 6.34. The van der Waals surface area contributed by atoms with E-state index in [1.54, 1.807) is 0 Å². The zero-order chi connectivity index (χ0) is 14.8. The van der Waals surface area contributed by atoms with Crippen LogP contribution >= 0.6 is 22.9 Å². The van der Waals surface area contributed by atoms with Gasteiger partial charge in [0.15, 0.2) is 0 Å². The maximum Gasteiger partial charge on any atom is 0.263 e. The van der Waals surface area contributed by atoms with Crippen molar-refractivity contribution in [3.05, 3.63) is 33.7 Å². The number of aryl methyl sites for hydroxylation is 1. The van der Waals surface area contributed by atoms with Gasteiger partial charge >= 0.3 is 0 Å². The minimum Gasteiger partial charge on any atom is -0.376 e. The molecule has 0 radical (unpaired) electrons. The largest absolute Gasteiger partial charge is 0.376 e. The molecule has 0 saturated carbocycles. The molecular formula is C16H18ClNO2S. The highest BCUT2D eigenvalue weighted by Gasteiger charge is 2.20. The summed E-state index contributed by atoms with van der Waals surface area (Å²) in [7, 11) is 0. The lowest BCUT2D eigenvalue weighted by molar-refractivity contribution is 0.0861. The summed E-state index contributed by atoms with van der Waals surface area (Å²) in [5.74, 6) is -0.102. The fraction of sp³-hybridized carbons (Fsp3) is 0.438. The van der Waals surface area contributed by atoms with E-state index in [4.69, 9.17) is 16.3 Å². The van der Waals surface area contributed by atoms with Crippen LogP contribution in [0.5, 0.6) is 0 Å². The highest BCUT2D eigenvalue weighted by molar-refractivity contribution is 7.21. The van der Waals surface area contributed by atoms with Crippen LogP contribution in [0.2, 0.25) is 5.02 Å². The number of hydrogen-bond donors (Lipinski definition) is 1. The van der Waals surface area contributed by atoms with Crippen molar-refractivity contribution in [1.82, 2.24) is 5.32 Å². The first-order chi connectivity index (χ1) is 10.2. The number of rotatable bonds is 4. The second-order valence-corrected chi connectivity index (χ2v) is 6.70. The minimum absolute atomic E-state index is 0.102. The van der Waals surface area contributed by atoms with Crippen LogP contribution in [0.15, 0.2) is 18.2 Å². The van der Waals surface area contributed by atoms with E-state index in [0.717, 1.165) is 36.0 Å². The van der Waals surface area contributed by atoms with Crippen molar-refractivity contribution < 1.29 is 9.53 Å². The van der Waals surface area contributed by atoms with Crippen molar-refractivity contribution in [3.8, 4) is 0 Å². The molecule has 1 amide bonds. The lowest BCUT2D eigenvalue weighted by Gasteiger charge is -2.09. The zero-order valence-corrected chi connectivity index (χ0v) is 13.5. The van der Waals surface area contributed by atoms with E-state index in [-0.39, 0.29) is 12.0 Å². The monoisotopic (exact) mass is 323 g/mol. The molecule has 0 bridgehead atoms. The fourth-order valence-corrected chi connectivity index (χ4v) is 4.06. The number of carbonyl (C=O) groups excluding carboxylic acids is 1. The first-order valence-corrected chi connectivity index (χ1v) is 8.49. The van der Waals surface area contributed by atoms with Crippen LogP contribution in [0.25, 0.3) is 10.1 Å². The molecule has 1 aromatic carbocycles. The quantitative estimate of drug-likeness (QED) is 0.922. The fourth-order valence-electron chi connectivity index (χ4n) is 2.57. The van der Waals surface area contributed by atoms with E-state index in [0.29, 0.717) is 16.4 Å². The number of hydrogen-bond acceptors (Lipinski definition) is 3. The average molecular weight is 324 g/mol. The minimum atomic E-state index is -0.102. The maximum atomic E-state index is 12.3. The predicted molar refractivity (Wildman–Crippen MR) is 87.5 cm³/mol. The van der Waals surface area contributed by atoms with Crippen molar-refractivity contribution in [3.63, 3.8) is 0 Å². The van der Waals surface area contributed by atoms with Crippen LogP contribution in [0.3, 0.4) is 0 Å². The molecule has 1 saturated heterocycles. The summed E-state index contributed by atoms with van der Waals surface area (Å²) in [6.07, 6.45) is 3.21. The molecule has 112 valence electrons. The van der Waals surface area contributed by atoms with Gasteiger partial charge in [-0.25, -0.2) is 0 Å². The molecule has 0 aliphatic carbocycles. The Labute approximate surface area is 133 Å². The van der Waals surface area contributed by atoms with E-state index < -0.39 is 0 Å². The van der Waals surface area contributed by atoms with Gasteiger partial charge in [0.1, 0.15) is 4.88 Å². The second-order valence-electron chi connectivity index (χ2n) is 5.27. The van der Waals surface area contributed by atoms with Gasteiger partial charge in [0, 0.05) is 23.2 Å². The van der Waals surface area contributed by atoms with Crippen molar-refractivity contribution in [2.45, 2.75) is 32.3 Å². The summed E-state index contributed by atoms with van der Waals surface area (Å²) < 4.78 is 6.59. The van der Waals surface area contributed by atoms with Crippen LogP contribution < -0.4 is 5.32 Å². The molecule has 5 heteroatoms. The topological polar surface area (TPSA) is 38.3 Å². The van der Waals surface area contributed by atoms with Crippen LogP contribution in [-0.4, -0.2) is 25.2 Å². The highest BCUT2D eigenvalue weighted by Crippen LogP contribution is 2.35. The van der Waals surface area contributed by atoms with E-state index in [9.17, 15) is 4.79 Å². The van der Waals surface area contributed by atoms with Gasteiger partial charge in [0.25, 0.3) is 5.91 Å². The van der Waals surface area contributed by atoms with Gasteiger partial charge in [-0.2, -0.15) is 0 Å². The van der Waals surface area contributed by atoms with Crippen molar-refractivity contribution in [2.24, 2.45) is 0 Å². The Hall–Kier alpha value is -1.10. The molecule has 2 heterocycles. The predicted octanol–water partition coefficient (Wildman–Crippen LogP) is 4.03. The van der Waals surface area contributed by atoms with Gasteiger partial charge in [-0.3, -0.25) is 4.79 Å². The van der Waals surface area contributed by atoms with Crippen molar-refractivity contribution in [2.75, 3.05) is 13.2 Å². The van der Waals surface area contributed by atoms with Crippen LogP contribution in [0, 0.1) is 0 Å². The molecule has 1 atom stereocenters. The summed E-state index contributed by atoms with van der Waals surface area (Å²) in [4.78, 5) is 12.9. The van der Waals surface area contributed by atoms with Gasteiger partial charge < -0.3 is 10.1 Å². The van der Waals surface area contributed by atoms with Gasteiger partial charge in [-0.05, 0) is 30.9 Å². The number of carbonyl (C=O) groups is 1. The number of ether oxygens (including phenoxy) is 1. The Morgan fingerprint density at radius 1 is 1.52 bits per heavy atom. The SMILES string of the molecule is CCc1ccc2c(Cl)c(C(=O)NC[C@@H]3CCCO3)sc2c1. The van der Waals surface area contributed by atoms with Gasteiger partial charge in [0.2, 0.25) is 0 Å². The van der Waals surface area contributed by atoms with E-state index >= 15 is 0 Å². The Morgan fingerprint density at radius 2 is 2.38 bits per heavy atom. The first kappa shape index (κ1) is 14.8. The molecule has 1 fully saturated rings. The Balaban J connectivity index is 1.78. The number of thiophene rings is 1. The van der Waals surface area contributed by atoms with E-state index in [2.05, 4.69) is 24.4 Å². The van der Waals surface area contributed by atoms with E-state index in [1.165, 1.54) is 16.9 Å². The van der Waals surface area contributed by atoms with Gasteiger partial charge in [-0.15, -0.1) is 11.3 Å². The smallest absolute Gasteiger partial charge is 0.263 e. The Kier molecular flexibility index (Phi) is 4.48. The summed E-state index contributed by atoms with van der Waals surface area (Å²) in [6.45, 7) is 3.47. The van der Waals surface area contributed by atoms with Crippen molar-refractivity contribution >= 4 is 38.9 Å². The van der Waals surface area contributed by atoms with Crippen LogP contribution in [0.1, 0.15) is 35.0 Å². The number of nitrogens with one attached hydrogen (secondary N) is 1. The summed E-state index contributed by atoms with van der Waals surface area (Å²) >= 11 is 7.82. The molecule has 1 N–H and O–H groups in total. The van der Waals surface area contributed by atoms with Gasteiger partial charge in [0.05, 0.1) is 11.1 Å². The molecule has 3 rings (SSSR count). The highest BCUT2D eigenvalue weighted by atomic mass is 35.5. The zero-order valence-electron chi connectivity index (χ0n) is 11.9. The molecule has 3 nitrogen and oxygen atoms in total. The molecule has 1 aromatic heterocycles. The summed E-state index contributed by atoms with van der Waals surface area (Å²) in [5.41, 5.74) is 1.26. The molecule has 1 aliphatic heterocycles. The van der Waals surface area contributed by atoms with Crippen LogP contribution in [0.4, 0.5) is 0 Å². The van der Waals surface area contributed by atoms with Gasteiger partial charge in [-0.1, -0.05) is 30.7 Å². The number of fused-ring (bicyclic) bond motifs is 1. The maximum absolute atomic E-state index is 12.3. The van der Waals surface area contributed by atoms with E-state index in [1.807, 2.05) is 6.07 Å². The standard InChI is InChI=1S/C16H18ClNO2S/c1-2-10-5-6-12-13(8-10)21-15(14(12)17)16(19)18-9-11-4-3-7-20-11/h5-6,8,11H,2-4,7,9H2,1H3,(H,18,19)/t11-/m0/s1. The number of halogens is 1.